The van der Waals surface area contributed by atoms with Crippen molar-refractivity contribution in [3.63, 3.8) is 0 Å². The Balaban J connectivity index is 2.11. The lowest BCUT2D eigenvalue weighted by molar-refractivity contribution is -0.141. The van der Waals surface area contributed by atoms with Gasteiger partial charge in [-0.3, -0.25) is 4.79 Å². The number of hydrogen-bond donors (Lipinski definition) is 7. The Morgan fingerprint density at radius 1 is 1.28 bits per heavy atom. The summed E-state index contributed by atoms with van der Waals surface area (Å²) in [6, 6.07) is -3.54. The molecule has 1 aliphatic rings. The highest BCUT2D eigenvalue weighted by atomic mass is 16.4. The molecule has 1 aliphatic carbocycles. The van der Waals surface area contributed by atoms with Gasteiger partial charge in [0.2, 0.25) is 11.8 Å². The topological polar surface area (TPSA) is 221 Å². The minimum atomic E-state index is -1.56. The van der Waals surface area contributed by atoms with Crippen LogP contribution in [0.4, 0.5) is 4.79 Å². The summed E-state index contributed by atoms with van der Waals surface area (Å²) >= 11 is 0. The number of carboxylic acid groups (broad SMARTS) is 2. The van der Waals surface area contributed by atoms with E-state index in [1.165, 1.54) is 6.92 Å². The van der Waals surface area contributed by atoms with Crippen LogP contribution < -0.4 is 16.4 Å². The number of nitrogens with zero attached hydrogens (tertiary/aromatic N) is 2. The number of nitrogens with one attached hydrogen (secondary N) is 2. The van der Waals surface area contributed by atoms with Gasteiger partial charge >= 0.3 is 18.0 Å². The third kappa shape index (κ3) is 5.62. The maximum Gasteiger partial charge on any atom is 0.328 e. The van der Waals surface area contributed by atoms with Crippen LogP contribution in [0.3, 0.4) is 0 Å². The number of aromatic nitrogens is 2. The van der Waals surface area contributed by atoms with Gasteiger partial charge in [-0.25, -0.2) is 9.59 Å². The number of aliphatic hydroxyl groups is 2. The van der Waals surface area contributed by atoms with Gasteiger partial charge in [0.1, 0.15) is 6.04 Å². The quantitative estimate of drug-likeness (QED) is 0.237. The van der Waals surface area contributed by atoms with Crippen molar-refractivity contribution in [2.24, 2.45) is 11.7 Å². The van der Waals surface area contributed by atoms with Crippen molar-refractivity contribution in [1.29, 1.82) is 0 Å². The van der Waals surface area contributed by atoms with Crippen molar-refractivity contribution in [1.82, 2.24) is 20.8 Å². The molecule has 0 aromatic carbocycles. The molecule has 1 aromatic heterocycles. The Bertz CT molecular complexity index is 745. The van der Waals surface area contributed by atoms with Crippen LogP contribution in [0.15, 0.2) is 4.42 Å². The second kappa shape index (κ2) is 9.15. The fourth-order valence-electron chi connectivity index (χ4n) is 3.11. The molecule has 29 heavy (non-hydrogen) atoms. The van der Waals surface area contributed by atoms with Gasteiger partial charge in [0.15, 0.2) is 6.04 Å². The molecule has 13 nitrogen and oxygen atoms in total. The van der Waals surface area contributed by atoms with E-state index in [4.69, 9.17) is 25.5 Å². The molecular formula is C16H25N5O8. The smallest absolute Gasteiger partial charge is 0.328 e. The largest absolute Gasteiger partial charge is 0.481 e. The molecule has 1 fully saturated rings. The van der Waals surface area contributed by atoms with Crippen molar-refractivity contribution in [2.45, 2.75) is 56.3 Å². The van der Waals surface area contributed by atoms with E-state index in [0.717, 1.165) is 0 Å². The monoisotopic (exact) mass is 415 g/mol. The Morgan fingerprint density at radius 2 is 1.93 bits per heavy atom. The molecule has 3 atom stereocenters. The number of hydrogen-bond acceptors (Lipinski definition) is 9. The molecule has 1 heterocycles. The number of amides is 2. The lowest BCUT2D eigenvalue weighted by Crippen LogP contribution is -2.51. The van der Waals surface area contributed by atoms with Gasteiger partial charge in [0, 0.05) is 13.0 Å². The summed E-state index contributed by atoms with van der Waals surface area (Å²) in [7, 11) is 0. The van der Waals surface area contributed by atoms with Gasteiger partial charge < -0.3 is 41.2 Å². The second-order valence-electron chi connectivity index (χ2n) is 7.22. The molecule has 1 aromatic rings. The molecule has 13 heteroatoms. The zero-order valence-corrected chi connectivity index (χ0v) is 15.7. The third-order valence-corrected chi connectivity index (χ3v) is 4.72. The van der Waals surface area contributed by atoms with Crippen molar-refractivity contribution >= 4 is 18.0 Å². The van der Waals surface area contributed by atoms with Gasteiger partial charge in [0.05, 0.1) is 11.6 Å². The van der Waals surface area contributed by atoms with E-state index in [2.05, 4.69) is 20.8 Å². The van der Waals surface area contributed by atoms with Crippen molar-refractivity contribution in [3.05, 3.63) is 11.8 Å². The third-order valence-electron chi connectivity index (χ3n) is 4.72. The Morgan fingerprint density at radius 3 is 2.45 bits per heavy atom. The molecule has 1 saturated carbocycles. The van der Waals surface area contributed by atoms with Crippen LogP contribution in [0, 0.1) is 5.92 Å². The van der Waals surface area contributed by atoms with E-state index in [1.54, 1.807) is 0 Å². The fourth-order valence-corrected chi connectivity index (χ4v) is 3.11. The first-order chi connectivity index (χ1) is 13.6. The van der Waals surface area contributed by atoms with Crippen molar-refractivity contribution < 1.29 is 39.2 Å². The summed E-state index contributed by atoms with van der Waals surface area (Å²) in [4.78, 5) is 34.2. The van der Waals surface area contributed by atoms with Crippen molar-refractivity contribution in [3.8, 4) is 0 Å². The molecule has 2 rings (SSSR count). The highest BCUT2D eigenvalue weighted by Gasteiger charge is 2.46. The first-order valence-corrected chi connectivity index (χ1v) is 8.99. The second-order valence-corrected chi connectivity index (χ2v) is 7.22. The minimum Gasteiger partial charge on any atom is -0.481 e. The number of urea groups is 1. The predicted octanol–water partition coefficient (Wildman–Crippen LogP) is -1.33. The lowest BCUT2D eigenvalue weighted by atomic mass is 9.69. The molecule has 2 amide bonds. The predicted molar refractivity (Wildman–Crippen MR) is 94.4 cm³/mol. The SMILES string of the molecule is C[C@@H](O)[C@H](NC(=O)N[C@@H](CCC(=O)O)c1nnc(C2(N)CC(CO)C2)o1)C(=O)O. The first-order valence-electron chi connectivity index (χ1n) is 8.99. The number of carboxylic acids is 2. The number of aliphatic hydroxyl groups excluding tert-OH is 2. The standard InChI is InChI=1S/C16H25N5O8/c1-7(23)11(13(26)27)19-15(28)18-9(2-3-10(24)25)12-20-21-14(29-12)16(17)4-8(5-16)6-22/h7-9,11,22-23H,2-6,17H2,1H3,(H,24,25)(H,26,27)(H2,18,19,28)/t7-,8?,9+,11+,16?/m1/s1. The lowest BCUT2D eigenvalue weighted by Gasteiger charge is -2.41. The van der Waals surface area contributed by atoms with Crippen LogP contribution in [0.2, 0.25) is 0 Å². The highest BCUT2D eigenvalue weighted by molar-refractivity contribution is 5.83. The van der Waals surface area contributed by atoms with E-state index in [1.807, 2.05) is 0 Å². The van der Waals surface area contributed by atoms with E-state index in [-0.39, 0.29) is 37.1 Å². The van der Waals surface area contributed by atoms with Gasteiger partial charge in [-0.1, -0.05) is 0 Å². The zero-order chi connectivity index (χ0) is 21.8. The van der Waals surface area contributed by atoms with E-state index >= 15 is 0 Å². The van der Waals surface area contributed by atoms with E-state index in [9.17, 15) is 19.5 Å². The van der Waals surface area contributed by atoms with Crippen LogP contribution in [0.25, 0.3) is 0 Å². The number of nitrogens with two attached hydrogens (primary N) is 1. The van der Waals surface area contributed by atoms with E-state index in [0.29, 0.717) is 12.8 Å². The first kappa shape index (κ1) is 22.5. The maximum atomic E-state index is 12.2. The van der Waals surface area contributed by atoms with Crippen LogP contribution in [0.5, 0.6) is 0 Å². The molecular weight excluding hydrogens is 390 g/mol. The van der Waals surface area contributed by atoms with Crippen molar-refractivity contribution in [2.75, 3.05) is 6.61 Å². The molecule has 0 spiro atoms. The summed E-state index contributed by atoms with van der Waals surface area (Å²) in [6.07, 6.45) is -0.919. The average molecular weight is 415 g/mol. The Hall–Kier alpha value is -2.77. The maximum absolute atomic E-state index is 12.2. The molecule has 8 N–H and O–H groups in total. The molecule has 162 valence electrons. The van der Waals surface area contributed by atoms with Gasteiger partial charge in [-0.2, -0.15) is 0 Å². The number of carbonyl (C=O) groups excluding carboxylic acids is 1. The molecule has 0 bridgehead atoms. The van der Waals surface area contributed by atoms with Crippen LogP contribution in [-0.2, 0) is 15.1 Å². The fraction of sp³-hybridized carbons (Fsp3) is 0.688. The van der Waals surface area contributed by atoms with E-state index < -0.39 is 41.7 Å². The zero-order valence-electron chi connectivity index (χ0n) is 15.7. The number of aliphatic carboxylic acids is 2. The Kier molecular flexibility index (Phi) is 7.11. The molecule has 0 saturated heterocycles. The van der Waals surface area contributed by atoms with Gasteiger partial charge in [0.25, 0.3) is 0 Å². The highest BCUT2D eigenvalue weighted by Crippen LogP contribution is 2.42. The number of carbonyl (C=O) groups is 3. The normalized spacial score (nSPS) is 24.1. The summed E-state index contributed by atoms with van der Waals surface area (Å²) < 4.78 is 5.55. The minimum absolute atomic E-state index is 0.0169. The Labute approximate surface area is 165 Å². The average Bonchev–Trinajstić information content (AvgIpc) is 3.10. The van der Waals surface area contributed by atoms with Gasteiger partial charge in [-0.05, 0) is 32.1 Å². The molecule has 0 radical (unpaired) electrons. The van der Waals surface area contributed by atoms with Crippen LogP contribution >= 0.6 is 0 Å². The molecule has 0 unspecified atom stereocenters. The summed E-state index contributed by atoms with van der Waals surface area (Å²) in [6.45, 7) is 1.18. The van der Waals surface area contributed by atoms with Gasteiger partial charge in [-0.15, -0.1) is 10.2 Å². The molecule has 0 aliphatic heterocycles. The summed E-state index contributed by atoms with van der Waals surface area (Å²) in [5.74, 6) is -2.52. The summed E-state index contributed by atoms with van der Waals surface area (Å²) in [5, 5.41) is 48.7. The number of rotatable bonds is 10. The summed E-state index contributed by atoms with van der Waals surface area (Å²) in [5.41, 5.74) is 5.26. The van der Waals surface area contributed by atoms with Crippen LogP contribution in [0.1, 0.15) is 50.4 Å². The van der Waals surface area contributed by atoms with Crippen LogP contribution in [-0.4, -0.2) is 67.3 Å².